The Morgan fingerprint density at radius 2 is 1.43 bits per heavy atom. The second kappa shape index (κ2) is 4.58. The third-order valence-electron chi connectivity index (χ3n) is 2.06. The lowest BCUT2D eigenvalue weighted by molar-refractivity contribution is 1.45. The van der Waals surface area contributed by atoms with Gasteiger partial charge in [-0.25, -0.2) is 0 Å². The van der Waals surface area contributed by atoms with Crippen LogP contribution in [0.4, 0.5) is 0 Å². The van der Waals surface area contributed by atoms with Gasteiger partial charge < -0.3 is 0 Å². The average molecular weight is 217 g/mol. The van der Waals surface area contributed by atoms with Gasteiger partial charge in [-0.1, -0.05) is 48.5 Å². The van der Waals surface area contributed by atoms with Crippen molar-refractivity contribution in [2.75, 3.05) is 0 Å². The molecule has 2 aromatic carbocycles. The summed E-state index contributed by atoms with van der Waals surface area (Å²) < 4.78 is 0. The number of benzene rings is 2. The smallest absolute Gasteiger partial charge is 0.0269 e. The first-order valence-corrected chi connectivity index (χ1v) is 6.10. The SMILES string of the molecule is [S]Sc1ccccc1-c1ccccc1. The lowest BCUT2D eigenvalue weighted by atomic mass is 10.1. The minimum atomic E-state index is 1.15. The highest BCUT2D eigenvalue weighted by Gasteiger charge is 2.02. The number of hydrogen-bond donors (Lipinski definition) is 0. The van der Waals surface area contributed by atoms with Crippen LogP contribution in [-0.2, 0) is 0 Å². The van der Waals surface area contributed by atoms with Crippen LogP contribution in [0.1, 0.15) is 0 Å². The fraction of sp³-hybridized carbons (Fsp3) is 0. The van der Waals surface area contributed by atoms with Gasteiger partial charge in [-0.05, 0) is 39.6 Å². The summed E-state index contributed by atoms with van der Waals surface area (Å²) in [5.74, 6) is 0. The Kier molecular flexibility index (Phi) is 3.17. The highest BCUT2D eigenvalue weighted by Crippen LogP contribution is 2.32. The molecule has 0 saturated carbocycles. The lowest BCUT2D eigenvalue weighted by Crippen LogP contribution is -1.79. The molecule has 0 aliphatic carbocycles. The zero-order valence-electron chi connectivity index (χ0n) is 7.51. The quantitative estimate of drug-likeness (QED) is 0.665. The van der Waals surface area contributed by atoms with E-state index >= 15 is 0 Å². The summed E-state index contributed by atoms with van der Waals surface area (Å²) in [5.41, 5.74) is 2.44. The molecular weight excluding hydrogens is 208 g/mol. The Morgan fingerprint density at radius 1 is 0.786 bits per heavy atom. The second-order valence-electron chi connectivity index (χ2n) is 2.95. The van der Waals surface area contributed by atoms with Gasteiger partial charge in [0, 0.05) is 4.90 Å². The van der Waals surface area contributed by atoms with E-state index in [9.17, 15) is 0 Å². The molecule has 2 rings (SSSR count). The summed E-state index contributed by atoms with van der Waals surface area (Å²) in [7, 11) is 1.37. The molecule has 0 nitrogen and oxygen atoms in total. The summed E-state index contributed by atoms with van der Waals surface area (Å²) in [6, 6.07) is 18.5. The predicted octanol–water partition coefficient (Wildman–Crippen LogP) is 4.56. The van der Waals surface area contributed by atoms with Gasteiger partial charge in [-0.15, -0.1) is 0 Å². The van der Waals surface area contributed by atoms with Crippen LogP contribution in [0.15, 0.2) is 59.5 Å². The van der Waals surface area contributed by atoms with Crippen molar-refractivity contribution < 1.29 is 0 Å². The van der Waals surface area contributed by atoms with Crippen molar-refractivity contribution >= 4 is 22.5 Å². The first-order valence-electron chi connectivity index (χ1n) is 4.36. The molecule has 0 N–H and O–H groups in total. The molecule has 0 atom stereocenters. The topological polar surface area (TPSA) is 0 Å². The van der Waals surface area contributed by atoms with Crippen molar-refractivity contribution in [1.82, 2.24) is 0 Å². The number of hydrogen-bond acceptors (Lipinski definition) is 1. The van der Waals surface area contributed by atoms with Crippen molar-refractivity contribution in [3.05, 3.63) is 54.6 Å². The van der Waals surface area contributed by atoms with Crippen LogP contribution in [-0.4, -0.2) is 0 Å². The molecule has 0 fully saturated rings. The monoisotopic (exact) mass is 217 g/mol. The van der Waals surface area contributed by atoms with Gasteiger partial charge in [0.2, 0.25) is 0 Å². The molecule has 2 heteroatoms. The van der Waals surface area contributed by atoms with E-state index in [1.54, 1.807) is 0 Å². The number of rotatable bonds is 2. The summed E-state index contributed by atoms with van der Waals surface area (Å²) in [6.07, 6.45) is 0. The van der Waals surface area contributed by atoms with E-state index in [1.807, 2.05) is 30.3 Å². The summed E-state index contributed by atoms with van der Waals surface area (Å²) >= 11 is 5.02. The maximum absolute atomic E-state index is 5.02. The van der Waals surface area contributed by atoms with Crippen LogP contribution in [0.2, 0.25) is 0 Å². The first-order chi connectivity index (χ1) is 6.92. The van der Waals surface area contributed by atoms with Crippen molar-refractivity contribution in [2.24, 2.45) is 0 Å². The fourth-order valence-electron chi connectivity index (χ4n) is 1.40. The highest BCUT2D eigenvalue weighted by atomic mass is 33.1. The third kappa shape index (κ3) is 1.97. The van der Waals surface area contributed by atoms with Gasteiger partial charge in [-0.3, -0.25) is 0 Å². The molecule has 0 aromatic heterocycles. The van der Waals surface area contributed by atoms with Crippen LogP contribution in [0.3, 0.4) is 0 Å². The maximum atomic E-state index is 5.02. The minimum absolute atomic E-state index is 1.15. The van der Waals surface area contributed by atoms with Crippen LogP contribution in [0.25, 0.3) is 11.1 Å². The Bertz CT molecular complexity index is 410. The molecule has 14 heavy (non-hydrogen) atoms. The lowest BCUT2D eigenvalue weighted by Gasteiger charge is -2.05. The van der Waals surface area contributed by atoms with E-state index in [2.05, 4.69) is 24.3 Å². The van der Waals surface area contributed by atoms with E-state index in [0.717, 1.165) is 4.90 Å². The summed E-state index contributed by atoms with van der Waals surface area (Å²) in [6.45, 7) is 0. The third-order valence-corrected chi connectivity index (χ3v) is 3.14. The normalized spacial score (nSPS) is 10.1. The Morgan fingerprint density at radius 3 is 2.14 bits per heavy atom. The molecule has 0 aliphatic rings. The molecule has 0 unspecified atom stereocenters. The zero-order chi connectivity index (χ0) is 9.80. The molecule has 0 spiro atoms. The van der Waals surface area contributed by atoms with Crippen molar-refractivity contribution in [1.29, 1.82) is 0 Å². The summed E-state index contributed by atoms with van der Waals surface area (Å²) in [4.78, 5) is 1.15. The molecule has 2 aromatic rings. The highest BCUT2D eigenvalue weighted by molar-refractivity contribution is 8.68. The van der Waals surface area contributed by atoms with Gasteiger partial charge >= 0.3 is 0 Å². The molecule has 0 bridgehead atoms. The van der Waals surface area contributed by atoms with E-state index < -0.39 is 0 Å². The molecule has 0 saturated heterocycles. The summed E-state index contributed by atoms with van der Waals surface area (Å²) in [5, 5.41) is 0. The van der Waals surface area contributed by atoms with Gasteiger partial charge in [0.1, 0.15) is 0 Å². The first kappa shape index (κ1) is 9.69. The molecule has 0 amide bonds. The molecule has 1 radical (unpaired) electrons. The van der Waals surface area contributed by atoms with Crippen molar-refractivity contribution in [3.63, 3.8) is 0 Å². The van der Waals surface area contributed by atoms with E-state index in [0.29, 0.717) is 0 Å². The van der Waals surface area contributed by atoms with E-state index in [4.69, 9.17) is 11.7 Å². The minimum Gasteiger partial charge on any atom is -0.0622 e. The zero-order valence-corrected chi connectivity index (χ0v) is 9.15. The van der Waals surface area contributed by atoms with Crippen LogP contribution >= 0.6 is 22.5 Å². The molecule has 69 valence electrons. The molecule has 0 aliphatic heterocycles. The van der Waals surface area contributed by atoms with Gasteiger partial charge in [-0.2, -0.15) is 0 Å². The van der Waals surface area contributed by atoms with Crippen molar-refractivity contribution in [2.45, 2.75) is 4.90 Å². The second-order valence-corrected chi connectivity index (χ2v) is 4.05. The molecule has 0 heterocycles. The Balaban J connectivity index is 2.51. The molecular formula is C12H9S2. The van der Waals surface area contributed by atoms with Crippen molar-refractivity contribution in [3.8, 4) is 11.1 Å². The predicted molar refractivity (Wildman–Crippen MR) is 65.3 cm³/mol. The fourth-order valence-corrected chi connectivity index (χ4v) is 2.24. The largest absolute Gasteiger partial charge is 0.0622 e. The van der Waals surface area contributed by atoms with Gasteiger partial charge in [0.05, 0.1) is 0 Å². The van der Waals surface area contributed by atoms with Gasteiger partial charge in [0.25, 0.3) is 0 Å². The van der Waals surface area contributed by atoms with E-state index in [-0.39, 0.29) is 0 Å². The standard InChI is InChI=1S/C12H9S2/c13-14-12-9-5-4-8-11(12)10-6-2-1-3-7-10/h1-9H. The average Bonchev–Trinajstić information content (AvgIpc) is 2.30. The van der Waals surface area contributed by atoms with E-state index in [1.165, 1.54) is 21.9 Å². The van der Waals surface area contributed by atoms with Crippen LogP contribution in [0.5, 0.6) is 0 Å². The maximum Gasteiger partial charge on any atom is 0.0269 e. The Hall–Kier alpha value is -0.860. The van der Waals surface area contributed by atoms with Crippen LogP contribution < -0.4 is 0 Å². The van der Waals surface area contributed by atoms with Gasteiger partial charge in [0.15, 0.2) is 0 Å². The van der Waals surface area contributed by atoms with Crippen LogP contribution in [0, 0.1) is 0 Å². The Labute approximate surface area is 93.2 Å².